The molecule has 0 aromatic carbocycles. The minimum Gasteiger partial charge on any atom is -0.328 e. The summed E-state index contributed by atoms with van der Waals surface area (Å²) in [6.45, 7) is 0. The second kappa shape index (κ2) is 2.73. The first-order valence-corrected chi connectivity index (χ1v) is 4.50. The van der Waals surface area contributed by atoms with Crippen molar-refractivity contribution < 1.29 is 5.21 Å². The van der Waals surface area contributed by atoms with Crippen LogP contribution in [-0.2, 0) is 0 Å². The van der Waals surface area contributed by atoms with Gasteiger partial charge in [0.25, 0.3) is 0 Å². The highest BCUT2D eigenvalue weighted by Gasteiger charge is 2.35. The third kappa shape index (κ3) is 1.28. The average molecular weight is 156 g/mol. The van der Waals surface area contributed by atoms with Crippen molar-refractivity contribution in [2.24, 2.45) is 5.73 Å². The van der Waals surface area contributed by atoms with E-state index in [0.29, 0.717) is 18.1 Å². The summed E-state index contributed by atoms with van der Waals surface area (Å²) < 4.78 is 0. The molecule has 2 rings (SSSR count). The van der Waals surface area contributed by atoms with E-state index < -0.39 is 0 Å². The van der Waals surface area contributed by atoms with Crippen LogP contribution in [0, 0.1) is 0 Å². The number of hydroxylamine groups is 2. The van der Waals surface area contributed by atoms with Crippen molar-refractivity contribution >= 4 is 0 Å². The molecular weight excluding hydrogens is 140 g/mol. The molecule has 0 saturated carbocycles. The molecule has 2 aliphatic heterocycles. The van der Waals surface area contributed by atoms with E-state index in [-0.39, 0.29) is 0 Å². The topological polar surface area (TPSA) is 49.5 Å². The van der Waals surface area contributed by atoms with E-state index in [1.807, 2.05) is 0 Å². The molecule has 0 radical (unpaired) electrons. The van der Waals surface area contributed by atoms with Gasteiger partial charge in [-0.1, -0.05) is 6.42 Å². The highest BCUT2D eigenvalue weighted by atomic mass is 16.5. The van der Waals surface area contributed by atoms with Crippen LogP contribution in [0.25, 0.3) is 0 Å². The van der Waals surface area contributed by atoms with Crippen LogP contribution in [0.4, 0.5) is 0 Å². The first-order chi connectivity index (χ1) is 5.27. The Morgan fingerprint density at radius 2 is 1.73 bits per heavy atom. The number of nitrogens with zero attached hydrogens (tertiary/aromatic N) is 1. The van der Waals surface area contributed by atoms with E-state index in [2.05, 4.69) is 0 Å². The van der Waals surface area contributed by atoms with Crippen LogP contribution in [0.3, 0.4) is 0 Å². The lowest BCUT2D eigenvalue weighted by Crippen LogP contribution is -2.53. The molecule has 2 bridgehead atoms. The molecule has 2 fully saturated rings. The van der Waals surface area contributed by atoms with Gasteiger partial charge in [0.1, 0.15) is 0 Å². The molecular formula is C8H16N2O. The lowest BCUT2D eigenvalue weighted by Gasteiger charge is -2.44. The average Bonchev–Trinajstić information content (AvgIpc) is 1.92. The maximum absolute atomic E-state index is 9.58. The van der Waals surface area contributed by atoms with Crippen LogP contribution < -0.4 is 5.73 Å². The van der Waals surface area contributed by atoms with Crippen molar-refractivity contribution in [1.82, 2.24) is 5.06 Å². The van der Waals surface area contributed by atoms with E-state index in [1.54, 1.807) is 5.06 Å². The van der Waals surface area contributed by atoms with Crippen LogP contribution in [0.1, 0.15) is 32.1 Å². The minimum atomic E-state index is 0.327. The van der Waals surface area contributed by atoms with Crippen molar-refractivity contribution in [3.63, 3.8) is 0 Å². The van der Waals surface area contributed by atoms with Gasteiger partial charge >= 0.3 is 0 Å². The Morgan fingerprint density at radius 3 is 2.27 bits per heavy atom. The largest absolute Gasteiger partial charge is 0.328 e. The van der Waals surface area contributed by atoms with Gasteiger partial charge in [-0.15, -0.1) is 0 Å². The quantitative estimate of drug-likeness (QED) is 0.543. The number of hydrogen-bond acceptors (Lipinski definition) is 3. The van der Waals surface area contributed by atoms with E-state index in [4.69, 9.17) is 5.73 Å². The molecule has 2 saturated heterocycles. The number of fused-ring (bicyclic) bond motifs is 2. The fourth-order valence-corrected chi connectivity index (χ4v) is 2.40. The Balaban J connectivity index is 2.07. The molecule has 64 valence electrons. The van der Waals surface area contributed by atoms with Gasteiger partial charge in [-0.05, 0) is 25.7 Å². The smallest absolute Gasteiger partial charge is 0.0368 e. The Bertz CT molecular complexity index is 137. The van der Waals surface area contributed by atoms with E-state index in [1.165, 1.54) is 6.42 Å². The number of hydrogen-bond donors (Lipinski definition) is 2. The monoisotopic (exact) mass is 156 g/mol. The van der Waals surface area contributed by atoms with Crippen LogP contribution >= 0.6 is 0 Å². The number of nitrogens with two attached hydrogens (primary N) is 1. The first-order valence-electron chi connectivity index (χ1n) is 4.50. The predicted molar refractivity (Wildman–Crippen MR) is 42.3 cm³/mol. The molecule has 3 nitrogen and oxygen atoms in total. The first kappa shape index (κ1) is 7.53. The van der Waals surface area contributed by atoms with E-state index in [0.717, 1.165) is 25.7 Å². The second-order valence-corrected chi connectivity index (χ2v) is 3.85. The van der Waals surface area contributed by atoms with Gasteiger partial charge in [-0.2, -0.15) is 5.06 Å². The molecule has 3 heteroatoms. The molecule has 0 spiro atoms. The summed E-state index contributed by atoms with van der Waals surface area (Å²) in [6, 6.07) is 1.05. The van der Waals surface area contributed by atoms with Crippen molar-refractivity contribution in [2.75, 3.05) is 0 Å². The molecule has 2 unspecified atom stereocenters. The fourth-order valence-electron chi connectivity index (χ4n) is 2.40. The third-order valence-corrected chi connectivity index (χ3v) is 2.97. The SMILES string of the molecule is NC1CC2CCC[C@@H](C1)N2O. The third-order valence-electron chi connectivity index (χ3n) is 2.97. The summed E-state index contributed by atoms with van der Waals surface area (Å²) in [5.41, 5.74) is 5.85. The normalized spacial score (nSPS) is 45.8. The molecule has 0 aliphatic carbocycles. The van der Waals surface area contributed by atoms with Crippen LogP contribution in [0.5, 0.6) is 0 Å². The van der Waals surface area contributed by atoms with Crippen LogP contribution in [0.15, 0.2) is 0 Å². The summed E-state index contributed by atoms with van der Waals surface area (Å²) in [5, 5.41) is 11.1. The lowest BCUT2D eigenvalue weighted by atomic mass is 9.84. The van der Waals surface area contributed by atoms with Crippen molar-refractivity contribution in [1.29, 1.82) is 0 Å². The summed E-state index contributed by atoms with van der Waals surface area (Å²) in [4.78, 5) is 0. The molecule has 2 heterocycles. The van der Waals surface area contributed by atoms with Gasteiger partial charge in [0.15, 0.2) is 0 Å². The van der Waals surface area contributed by atoms with E-state index in [9.17, 15) is 5.21 Å². The summed E-state index contributed by atoms with van der Waals surface area (Å²) >= 11 is 0. The summed E-state index contributed by atoms with van der Waals surface area (Å²) in [6.07, 6.45) is 5.47. The van der Waals surface area contributed by atoms with E-state index >= 15 is 0 Å². The Hall–Kier alpha value is -0.120. The van der Waals surface area contributed by atoms with Gasteiger partial charge < -0.3 is 10.9 Å². The lowest BCUT2D eigenvalue weighted by molar-refractivity contribution is -0.196. The molecule has 0 amide bonds. The van der Waals surface area contributed by atoms with Gasteiger partial charge in [-0.25, -0.2) is 0 Å². The van der Waals surface area contributed by atoms with Crippen LogP contribution in [-0.4, -0.2) is 28.4 Å². The number of piperidine rings is 2. The van der Waals surface area contributed by atoms with Crippen molar-refractivity contribution in [3.05, 3.63) is 0 Å². The number of rotatable bonds is 0. The van der Waals surface area contributed by atoms with Gasteiger partial charge in [0.05, 0.1) is 0 Å². The predicted octanol–water partition coefficient (Wildman–Crippen LogP) is 0.720. The standard InChI is InChI=1S/C8H16N2O/c9-6-4-7-2-1-3-8(5-6)10(7)11/h6-8,11H,1-5,9H2/t6?,7-,8?/m0/s1. The van der Waals surface area contributed by atoms with Crippen molar-refractivity contribution in [3.8, 4) is 0 Å². The highest BCUT2D eigenvalue weighted by Crippen LogP contribution is 2.31. The van der Waals surface area contributed by atoms with Gasteiger partial charge in [0.2, 0.25) is 0 Å². The highest BCUT2D eigenvalue weighted by molar-refractivity contribution is 4.89. The van der Waals surface area contributed by atoms with Gasteiger partial charge in [0, 0.05) is 18.1 Å². The van der Waals surface area contributed by atoms with Gasteiger partial charge in [-0.3, -0.25) is 0 Å². The van der Waals surface area contributed by atoms with Crippen LogP contribution in [0.2, 0.25) is 0 Å². The molecule has 0 aromatic rings. The summed E-state index contributed by atoms with van der Waals surface area (Å²) in [7, 11) is 0. The molecule has 3 atom stereocenters. The Labute approximate surface area is 67.1 Å². The molecule has 3 N–H and O–H groups in total. The molecule has 0 aromatic heterocycles. The van der Waals surface area contributed by atoms with Crippen molar-refractivity contribution in [2.45, 2.75) is 50.2 Å². The minimum absolute atomic E-state index is 0.327. The molecule has 2 aliphatic rings. The zero-order valence-corrected chi connectivity index (χ0v) is 6.74. The molecule has 11 heavy (non-hydrogen) atoms. The summed E-state index contributed by atoms with van der Waals surface area (Å²) in [5.74, 6) is 0. The Morgan fingerprint density at radius 1 is 1.18 bits per heavy atom. The second-order valence-electron chi connectivity index (χ2n) is 3.85. The maximum Gasteiger partial charge on any atom is 0.0368 e. The Kier molecular flexibility index (Phi) is 1.87. The zero-order valence-electron chi connectivity index (χ0n) is 6.74. The maximum atomic E-state index is 9.58. The fraction of sp³-hybridized carbons (Fsp3) is 1.00. The zero-order chi connectivity index (χ0) is 7.84.